The van der Waals surface area contributed by atoms with E-state index in [1.807, 2.05) is 26.0 Å². The molecule has 8 heteroatoms. The van der Waals surface area contributed by atoms with Crippen LogP contribution in [0.2, 0.25) is 0 Å². The number of nitrogens with zero attached hydrogens (tertiary/aromatic N) is 1. The summed E-state index contributed by atoms with van der Waals surface area (Å²) >= 11 is 1.10. The second-order valence-electron chi connectivity index (χ2n) is 5.16. The number of carbonyl (C=O) groups excluding carboxylic acids is 3. The van der Waals surface area contributed by atoms with Crippen LogP contribution in [0.3, 0.4) is 0 Å². The van der Waals surface area contributed by atoms with Crippen LogP contribution >= 0.6 is 11.3 Å². The molecule has 2 rings (SSSR count). The summed E-state index contributed by atoms with van der Waals surface area (Å²) in [6.07, 6.45) is 0. The Labute approximate surface area is 143 Å². The molecular formula is C16H17N3O4S. The van der Waals surface area contributed by atoms with Gasteiger partial charge in [-0.15, -0.1) is 11.3 Å². The third-order valence-corrected chi connectivity index (χ3v) is 3.74. The monoisotopic (exact) mass is 347 g/mol. The molecule has 0 aliphatic carbocycles. The second-order valence-corrected chi connectivity index (χ2v) is 6.02. The maximum atomic E-state index is 11.9. The molecule has 0 atom stereocenters. The number of nitrogens with one attached hydrogen (secondary N) is 2. The number of hydrogen-bond donors (Lipinski definition) is 2. The Balaban J connectivity index is 1.88. The van der Waals surface area contributed by atoms with Crippen LogP contribution in [0.25, 0.3) is 0 Å². The van der Waals surface area contributed by atoms with E-state index in [-0.39, 0.29) is 11.6 Å². The molecule has 0 saturated heterocycles. The molecule has 1 heterocycles. The van der Waals surface area contributed by atoms with Gasteiger partial charge in [0.15, 0.2) is 17.4 Å². The minimum atomic E-state index is -0.723. The van der Waals surface area contributed by atoms with Gasteiger partial charge in [-0.2, -0.15) is 0 Å². The molecule has 126 valence electrons. The van der Waals surface area contributed by atoms with E-state index in [1.165, 1.54) is 12.3 Å². The first kappa shape index (κ1) is 17.6. The summed E-state index contributed by atoms with van der Waals surface area (Å²) in [5.41, 5.74) is 2.73. The van der Waals surface area contributed by atoms with Crippen LogP contribution in [-0.4, -0.2) is 29.4 Å². The van der Waals surface area contributed by atoms with Crippen molar-refractivity contribution >= 4 is 39.9 Å². The molecule has 0 unspecified atom stereocenters. The minimum absolute atomic E-state index is 0.0445. The lowest BCUT2D eigenvalue weighted by Gasteiger charge is -2.09. The van der Waals surface area contributed by atoms with E-state index >= 15 is 0 Å². The van der Waals surface area contributed by atoms with Gasteiger partial charge < -0.3 is 15.4 Å². The van der Waals surface area contributed by atoms with E-state index < -0.39 is 18.5 Å². The Morgan fingerprint density at radius 2 is 1.96 bits per heavy atom. The average Bonchev–Trinajstić information content (AvgIpc) is 2.95. The van der Waals surface area contributed by atoms with E-state index in [1.54, 1.807) is 6.07 Å². The molecule has 2 N–H and O–H groups in total. The van der Waals surface area contributed by atoms with Crippen LogP contribution in [0.15, 0.2) is 23.6 Å². The van der Waals surface area contributed by atoms with Gasteiger partial charge in [-0.05, 0) is 25.5 Å². The number of benzene rings is 1. The number of amides is 2. The average molecular weight is 347 g/mol. The summed E-state index contributed by atoms with van der Waals surface area (Å²) in [6.45, 7) is 4.77. The second kappa shape index (κ2) is 7.69. The van der Waals surface area contributed by atoms with E-state index in [9.17, 15) is 14.4 Å². The summed E-state index contributed by atoms with van der Waals surface area (Å²) in [6, 6.07) is 5.62. The number of esters is 1. The van der Waals surface area contributed by atoms with Crippen LogP contribution < -0.4 is 10.6 Å². The zero-order valence-corrected chi connectivity index (χ0v) is 14.3. The van der Waals surface area contributed by atoms with Gasteiger partial charge in [0.05, 0.1) is 0 Å². The number of thiazole rings is 1. The van der Waals surface area contributed by atoms with Gasteiger partial charge in [0.2, 0.25) is 5.91 Å². The zero-order chi connectivity index (χ0) is 17.7. The highest BCUT2D eigenvalue weighted by Gasteiger charge is 2.15. The molecule has 1 aromatic heterocycles. The highest BCUT2D eigenvalue weighted by molar-refractivity contribution is 7.14. The van der Waals surface area contributed by atoms with Crippen molar-refractivity contribution in [2.45, 2.75) is 20.8 Å². The molecule has 2 amide bonds. The van der Waals surface area contributed by atoms with Crippen LogP contribution in [0.1, 0.15) is 28.5 Å². The van der Waals surface area contributed by atoms with Crippen LogP contribution in [0.4, 0.5) is 10.8 Å². The maximum absolute atomic E-state index is 11.9. The lowest BCUT2D eigenvalue weighted by Crippen LogP contribution is -2.21. The topological polar surface area (TPSA) is 97.4 Å². The quantitative estimate of drug-likeness (QED) is 0.810. The number of carbonyl (C=O) groups is 3. The highest BCUT2D eigenvalue weighted by Crippen LogP contribution is 2.17. The lowest BCUT2D eigenvalue weighted by atomic mass is 10.1. The SMILES string of the molecule is CC(=O)Nc1nc(C(=O)OCC(=O)Nc2ccc(C)cc2C)cs1. The van der Waals surface area contributed by atoms with Crippen molar-refractivity contribution in [2.75, 3.05) is 17.2 Å². The number of aryl methyl sites for hydroxylation is 2. The van der Waals surface area contributed by atoms with Crippen molar-refractivity contribution < 1.29 is 19.1 Å². The molecule has 0 bridgehead atoms. The smallest absolute Gasteiger partial charge is 0.358 e. The van der Waals surface area contributed by atoms with Crippen molar-refractivity contribution in [3.63, 3.8) is 0 Å². The third kappa shape index (κ3) is 4.88. The molecule has 0 aliphatic rings. The largest absolute Gasteiger partial charge is 0.451 e. The van der Waals surface area contributed by atoms with Crippen LogP contribution in [0, 0.1) is 13.8 Å². The first-order valence-electron chi connectivity index (χ1n) is 7.12. The van der Waals surface area contributed by atoms with E-state index in [0.29, 0.717) is 10.8 Å². The lowest BCUT2D eigenvalue weighted by molar-refractivity contribution is -0.119. The molecule has 0 spiro atoms. The van der Waals surface area contributed by atoms with Gasteiger partial charge in [-0.25, -0.2) is 9.78 Å². The van der Waals surface area contributed by atoms with Crippen molar-refractivity contribution in [3.8, 4) is 0 Å². The Bertz CT molecular complexity index is 785. The molecule has 0 aliphatic heterocycles. The Morgan fingerprint density at radius 3 is 2.62 bits per heavy atom. The molecule has 0 fully saturated rings. The predicted octanol–water partition coefficient (Wildman–Crippen LogP) is 2.51. The van der Waals surface area contributed by atoms with Crippen LogP contribution in [-0.2, 0) is 14.3 Å². The van der Waals surface area contributed by atoms with Gasteiger partial charge in [-0.3, -0.25) is 9.59 Å². The summed E-state index contributed by atoms with van der Waals surface area (Å²) < 4.78 is 4.92. The van der Waals surface area contributed by atoms with E-state index in [2.05, 4.69) is 15.6 Å². The summed E-state index contributed by atoms with van der Waals surface area (Å²) in [5, 5.41) is 6.91. The van der Waals surface area contributed by atoms with Gasteiger partial charge in [-0.1, -0.05) is 17.7 Å². The van der Waals surface area contributed by atoms with E-state index in [0.717, 1.165) is 22.5 Å². The Morgan fingerprint density at radius 1 is 1.21 bits per heavy atom. The van der Waals surface area contributed by atoms with Crippen molar-refractivity contribution in [1.82, 2.24) is 4.98 Å². The van der Waals surface area contributed by atoms with Gasteiger partial charge >= 0.3 is 5.97 Å². The fourth-order valence-corrected chi connectivity index (χ4v) is 2.65. The van der Waals surface area contributed by atoms with Gasteiger partial charge in [0, 0.05) is 18.0 Å². The highest BCUT2D eigenvalue weighted by atomic mass is 32.1. The van der Waals surface area contributed by atoms with Crippen molar-refractivity contribution in [3.05, 3.63) is 40.4 Å². The molecular weight excluding hydrogens is 330 g/mol. The summed E-state index contributed by atoms with van der Waals surface area (Å²) in [7, 11) is 0. The Kier molecular flexibility index (Phi) is 5.64. The fourth-order valence-electron chi connectivity index (χ4n) is 1.92. The molecule has 1 aromatic carbocycles. The third-order valence-electron chi connectivity index (χ3n) is 2.99. The van der Waals surface area contributed by atoms with E-state index in [4.69, 9.17) is 4.74 Å². The molecule has 0 radical (unpaired) electrons. The first-order valence-corrected chi connectivity index (χ1v) is 8.00. The molecule has 2 aromatic rings. The first-order chi connectivity index (χ1) is 11.3. The number of rotatable bonds is 5. The van der Waals surface area contributed by atoms with Crippen molar-refractivity contribution in [1.29, 1.82) is 0 Å². The number of anilines is 2. The van der Waals surface area contributed by atoms with Gasteiger partial charge in [0.25, 0.3) is 5.91 Å². The Hall–Kier alpha value is -2.74. The maximum Gasteiger partial charge on any atom is 0.358 e. The standard InChI is InChI=1S/C16H17N3O4S/c1-9-4-5-12(10(2)6-9)18-14(21)7-23-15(22)13-8-24-16(19-13)17-11(3)20/h4-6,8H,7H2,1-3H3,(H,18,21)(H,17,19,20). The number of ether oxygens (including phenoxy) is 1. The summed E-state index contributed by atoms with van der Waals surface area (Å²) in [5.74, 6) is -1.44. The number of hydrogen-bond acceptors (Lipinski definition) is 6. The molecule has 24 heavy (non-hydrogen) atoms. The molecule has 7 nitrogen and oxygen atoms in total. The van der Waals surface area contributed by atoms with Crippen molar-refractivity contribution in [2.24, 2.45) is 0 Å². The number of aromatic nitrogens is 1. The summed E-state index contributed by atoms with van der Waals surface area (Å²) in [4.78, 5) is 38.5. The minimum Gasteiger partial charge on any atom is -0.451 e. The van der Waals surface area contributed by atoms with Gasteiger partial charge in [0.1, 0.15) is 0 Å². The van der Waals surface area contributed by atoms with Crippen LogP contribution in [0.5, 0.6) is 0 Å². The molecule has 0 saturated carbocycles. The normalized spacial score (nSPS) is 10.1. The fraction of sp³-hybridized carbons (Fsp3) is 0.250. The predicted molar refractivity (Wildman–Crippen MR) is 91.2 cm³/mol. The zero-order valence-electron chi connectivity index (χ0n) is 13.5.